The van der Waals surface area contributed by atoms with Crippen LogP contribution >= 0.6 is 0 Å². The Bertz CT molecular complexity index is 564. The number of hydrogen-bond acceptors (Lipinski definition) is 3. The lowest BCUT2D eigenvalue weighted by Gasteiger charge is -2.28. The minimum Gasteiger partial charge on any atom is -0.354 e. The van der Waals surface area contributed by atoms with Gasteiger partial charge in [-0.25, -0.2) is 0 Å². The van der Waals surface area contributed by atoms with Gasteiger partial charge in [-0.2, -0.15) is 0 Å². The van der Waals surface area contributed by atoms with Gasteiger partial charge in [0.2, 0.25) is 0 Å². The van der Waals surface area contributed by atoms with E-state index < -0.39 is 0 Å². The smallest absolute Gasteiger partial charge is 0.194 e. The maximum absolute atomic E-state index is 4.39. The molecular weight excluding hydrogens is 282 g/mol. The van der Waals surface area contributed by atoms with Crippen LogP contribution in [-0.2, 0) is 0 Å². The first-order valence-electron chi connectivity index (χ1n) is 8.57. The first kappa shape index (κ1) is 15.6. The van der Waals surface area contributed by atoms with Crippen molar-refractivity contribution in [2.45, 2.75) is 19.3 Å². The average Bonchev–Trinajstić information content (AvgIpc) is 3.19. The monoisotopic (exact) mass is 307 g/mol. The molecule has 3 nitrogen and oxygen atoms in total. The van der Waals surface area contributed by atoms with Crippen LogP contribution in [0, 0.1) is 0 Å². The SMILES string of the molecule is C1CCN(C2=NCCN2)CC1.c1ccc(-c2ccccc2)cc1. The number of aliphatic imine (C=N–C) groups is 1. The summed E-state index contributed by atoms with van der Waals surface area (Å²) in [7, 11) is 0. The third-order valence-corrected chi connectivity index (χ3v) is 4.19. The molecule has 0 saturated carbocycles. The van der Waals surface area contributed by atoms with Crippen molar-refractivity contribution in [3.63, 3.8) is 0 Å². The Morgan fingerprint density at radius 3 is 1.78 bits per heavy atom. The summed E-state index contributed by atoms with van der Waals surface area (Å²) in [6.45, 7) is 4.40. The van der Waals surface area contributed by atoms with Crippen molar-refractivity contribution in [1.82, 2.24) is 10.2 Å². The van der Waals surface area contributed by atoms with Gasteiger partial charge in [0, 0.05) is 19.6 Å². The number of nitrogens with one attached hydrogen (secondary N) is 1. The summed E-state index contributed by atoms with van der Waals surface area (Å²) in [6, 6.07) is 20.8. The van der Waals surface area contributed by atoms with Gasteiger partial charge in [-0.1, -0.05) is 60.7 Å². The molecule has 1 saturated heterocycles. The van der Waals surface area contributed by atoms with E-state index in [0.717, 1.165) is 19.0 Å². The Balaban J connectivity index is 0.000000136. The lowest BCUT2D eigenvalue weighted by molar-refractivity contribution is 0.335. The molecule has 0 amide bonds. The van der Waals surface area contributed by atoms with E-state index >= 15 is 0 Å². The Hall–Kier alpha value is -2.29. The van der Waals surface area contributed by atoms with Gasteiger partial charge in [0.1, 0.15) is 0 Å². The fourth-order valence-corrected chi connectivity index (χ4v) is 2.96. The first-order chi connectivity index (χ1) is 11.4. The van der Waals surface area contributed by atoms with E-state index in [1.165, 1.54) is 43.5 Å². The molecule has 0 spiro atoms. The zero-order valence-electron chi connectivity index (χ0n) is 13.6. The second-order valence-corrected chi connectivity index (χ2v) is 5.91. The number of benzene rings is 2. The number of rotatable bonds is 1. The molecule has 0 aliphatic carbocycles. The van der Waals surface area contributed by atoms with E-state index in [-0.39, 0.29) is 0 Å². The summed E-state index contributed by atoms with van der Waals surface area (Å²) in [5.41, 5.74) is 2.55. The molecule has 2 aliphatic heterocycles. The van der Waals surface area contributed by atoms with Crippen LogP contribution in [0.5, 0.6) is 0 Å². The molecule has 1 N–H and O–H groups in total. The van der Waals surface area contributed by atoms with Crippen molar-refractivity contribution >= 4 is 5.96 Å². The van der Waals surface area contributed by atoms with Crippen LogP contribution in [0.3, 0.4) is 0 Å². The molecule has 0 aromatic heterocycles. The topological polar surface area (TPSA) is 27.6 Å². The molecule has 2 aromatic rings. The molecule has 3 heteroatoms. The highest BCUT2D eigenvalue weighted by Gasteiger charge is 2.16. The Kier molecular flexibility index (Phi) is 5.68. The van der Waals surface area contributed by atoms with Crippen molar-refractivity contribution in [3.05, 3.63) is 60.7 Å². The zero-order valence-corrected chi connectivity index (χ0v) is 13.6. The number of guanidine groups is 1. The van der Waals surface area contributed by atoms with Gasteiger partial charge in [-0.05, 0) is 30.4 Å². The molecule has 120 valence electrons. The standard InChI is InChI=1S/C12H10.C8H15N3/c1-3-7-11(8-4-1)12-9-5-2-6-10-12;1-2-6-11(7-3-1)8-9-4-5-10-8/h1-10H;1-7H2,(H,9,10). The van der Waals surface area contributed by atoms with Crippen molar-refractivity contribution in [3.8, 4) is 11.1 Å². The minimum atomic E-state index is 0.964. The van der Waals surface area contributed by atoms with Crippen LogP contribution in [0.4, 0.5) is 0 Å². The second kappa shape index (κ2) is 8.37. The predicted octanol–water partition coefficient (Wildman–Crippen LogP) is 3.79. The van der Waals surface area contributed by atoms with Crippen molar-refractivity contribution in [2.75, 3.05) is 26.2 Å². The van der Waals surface area contributed by atoms with E-state index in [1.807, 2.05) is 12.1 Å². The average molecular weight is 307 g/mol. The lowest BCUT2D eigenvalue weighted by Crippen LogP contribution is -2.41. The predicted molar refractivity (Wildman–Crippen MR) is 97.6 cm³/mol. The van der Waals surface area contributed by atoms with E-state index in [0.29, 0.717) is 0 Å². The van der Waals surface area contributed by atoms with Crippen LogP contribution in [0.2, 0.25) is 0 Å². The molecule has 2 aliphatic rings. The van der Waals surface area contributed by atoms with Crippen molar-refractivity contribution < 1.29 is 0 Å². The largest absolute Gasteiger partial charge is 0.354 e. The van der Waals surface area contributed by atoms with Gasteiger partial charge in [0.25, 0.3) is 0 Å². The quantitative estimate of drug-likeness (QED) is 0.868. The fraction of sp³-hybridized carbons (Fsp3) is 0.350. The number of hydrogen-bond donors (Lipinski definition) is 1. The van der Waals surface area contributed by atoms with Gasteiger partial charge in [0.15, 0.2) is 5.96 Å². The van der Waals surface area contributed by atoms with Crippen LogP contribution in [0.15, 0.2) is 65.7 Å². The summed E-state index contributed by atoms with van der Waals surface area (Å²) in [5.74, 6) is 1.14. The Morgan fingerprint density at radius 2 is 1.30 bits per heavy atom. The van der Waals surface area contributed by atoms with Crippen molar-refractivity contribution in [2.24, 2.45) is 4.99 Å². The summed E-state index contributed by atoms with van der Waals surface area (Å²) < 4.78 is 0. The normalized spacial score (nSPS) is 16.9. The third kappa shape index (κ3) is 4.59. The van der Waals surface area contributed by atoms with Crippen LogP contribution < -0.4 is 5.32 Å². The summed E-state index contributed by atoms with van der Waals surface area (Å²) >= 11 is 0. The van der Waals surface area contributed by atoms with E-state index in [2.05, 4.69) is 63.7 Å². The van der Waals surface area contributed by atoms with Gasteiger partial charge < -0.3 is 10.2 Å². The number of likely N-dealkylation sites (tertiary alicyclic amines) is 1. The molecule has 1 fully saturated rings. The summed E-state index contributed by atoms with van der Waals surface area (Å²) in [5, 5.41) is 3.30. The van der Waals surface area contributed by atoms with Gasteiger partial charge in [0.05, 0.1) is 6.54 Å². The zero-order chi connectivity index (χ0) is 15.7. The molecule has 0 unspecified atom stereocenters. The second-order valence-electron chi connectivity index (χ2n) is 5.91. The molecular formula is C20H25N3. The maximum Gasteiger partial charge on any atom is 0.194 e. The molecule has 4 rings (SSSR count). The highest BCUT2D eigenvalue weighted by atomic mass is 15.3. The van der Waals surface area contributed by atoms with Crippen LogP contribution in [-0.4, -0.2) is 37.0 Å². The third-order valence-electron chi connectivity index (χ3n) is 4.19. The molecule has 23 heavy (non-hydrogen) atoms. The van der Waals surface area contributed by atoms with Gasteiger partial charge >= 0.3 is 0 Å². The Labute approximate surface area is 139 Å². The minimum absolute atomic E-state index is 0.964. The fourth-order valence-electron chi connectivity index (χ4n) is 2.96. The summed E-state index contributed by atoms with van der Waals surface area (Å²) in [4.78, 5) is 6.76. The van der Waals surface area contributed by atoms with E-state index in [9.17, 15) is 0 Å². The maximum atomic E-state index is 4.39. The molecule has 0 bridgehead atoms. The van der Waals surface area contributed by atoms with E-state index in [1.54, 1.807) is 0 Å². The van der Waals surface area contributed by atoms with Crippen LogP contribution in [0.25, 0.3) is 11.1 Å². The van der Waals surface area contributed by atoms with Gasteiger partial charge in [-0.3, -0.25) is 4.99 Å². The lowest BCUT2D eigenvalue weighted by atomic mass is 10.1. The molecule has 0 radical (unpaired) electrons. The first-order valence-corrected chi connectivity index (χ1v) is 8.57. The summed E-state index contributed by atoms with van der Waals surface area (Å²) in [6.07, 6.45) is 4.06. The number of piperidine rings is 1. The van der Waals surface area contributed by atoms with Crippen molar-refractivity contribution in [1.29, 1.82) is 0 Å². The molecule has 2 aromatic carbocycles. The molecule has 0 atom stereocenters. The van der Waals surface area contributed by atoms with E-state index in [4.69, 9.17) is 0 Å². The van der Waals surface area contributed by atoms with Crippen LogP contribution in [0.1, 0.15) is 19.3 Å². The molecule has 2 heterocycles. The number of nitrogens with zero attached hydrogens (tertiary/aromatic N) is 2. The van der Waals surface area contributed by atoms with Gasteiger partial charge in [-0.15, -0.1) is 0 Å². The Morgan fingerprint density at radius 1 is 0.739 bits per heavy atom. The highest BCUT2D eigenvalue weighted by Crippen LogP contribution is 2.17. The highest BCUT2D eigenvalue weighted by molar-refractivity contribution is 5.81.